The molecule has 3 atom stereocenters. The van der Waals surface area contributed by atoms with Crippen LogP contribution in [0.15, 0.2) is 71.9 Å². The molecule has 14 nitrogen and oxygen atoms in total. The van der Waals surface area contributed by atoms with Gasteiger partial charge in [-0.2, -0.15) is 0 Å². The number of hydrogen-bond donors (Lipinski definition) is 2. The van der Waals surface area contributed by atoms with Crippen LogP contribution in [-0.4, -0.2) is 93.3 Å². The molecule has 2 N–H and O–H groups in total. The number of carboxylic acid groups (broad SMARTS) is 1. The minimum Gasteiger partial charge on any atom is -0.543 e. The van der Waals surface area contributed by atoms with E-state index in [9.17, 15) is 38.7 Å². The molecule has 3 aliphatic heterocycles. The Morgan fingerprint density at radius 3 is 2.22 bits per heavy atom. The third kappa shape index (κ3) is 6.91. The van der Waals surface area contributed by atoms with Crippen LogP contribution in [0.3, 0.4) is 0 Å². The topological polar surface area (TPSA) is 186 Å². The van der Waals surface area contributed by atoms with E-state index in [2.05, 4.69) is 10.6 Å². The Labute approximate surface area is 283 Å². The van der Waals surface area contributed by atoms with E-state index >= 15 is 0 Å². The number of carbonyl (C=O) groups excluding carboxylic acids is 7. The van der Waals surface area contributed by atoms with Gasteiger partial charge in [0.1, 0.15) is 24.1 Å². The van der Waals surface area contributed by atoms with Crippen molar-refractivity contribution in [1.29, 1.82) is 0 Å². The van der Waals surface area contributed by atoms with Crippen LogP contribution in [0.5, 0.6) is 0 Å². The van der Waals surface area contributed by atoms with Crippen molar-refractivity contribution in [2.45, 2.75) is 24.4 Å². The Balaban J connectivity index is 0.00000461. The standard InChI is InChI=1S/C29H27N5O9S.Na/c1-16(35)43-14-19-15-44-26-21(25(38)34(26)22(19)27(39)40)30-23(36)20(17-8-4-2-5-9-17)31-28(41)33-13-12-32(29(33)42)24(37)18-10-6-3-7-11-18;/h2-11,20-21,26H,12-15H2,1H3,(H,30,36)(H,31,41)(H,39,40);/q;+1/p-1/t20-,21?,26-;/m1./s1. The number of aliphatic carboxylic acids is 1. The molecule has 1 unspecified atom stereocenters. The summed E-state index contributed by atoms with van der Waals surface area (Å²) in [5.74, 6) is -4.22. The van der Waals surface area contributed by atoms with Gasteiger partial charge in [-0.25, -0.2) is 14.5 Å². The molecule has 45 heavy (non-hydrogen) atoms. The van der Waals surface area contributed by atoms with Gasteiger partial charge < -0.3 is 25.3 Å². The normalized spacial score (nSPS) is 19.5. The zero-order valence-corrected chi connectivity index (χ0v) is 27.1. The number of rotatable bonds is 8. The monoisotopic (exact) mass is 643 g/mol. The van der Waals surface area contributed by atoms with E-state index in [4.69, 9.17) is 4.74 Å². The summed E-state index contributed by atoms with van der Waals surface area (Å²) in [6.45, 7) is 0.696. The number of urea groups is 2. The summed E-state index contributed by atoms with van der Waals surface area (Å²) in [6.07, 6.45) is 0. The number of fused-ring (bicyclic) bond motifs is 1. The molecule has 2 aromatic rings. The molecular formula is C29H26N5NaO9S. The summed E-state index contributed by atoms with van der Waals surface area (Å²) in [6, 6.07) is 12.0. The van der Waals surface area contributed by atoms with Crippen LogP contribution in [0.4, 0.5) is 9.59 Å². The number of carbonyl (C=O) groups is 7. The fourth-order valence-electron chi connectivity index (χ4n) is 5.01. The second kappa shape index (κ2) is 14.3. The van der Waals surface area contributed by atoms with E-state index in [1.165, 1.54) is 6.92 Å². The minimum absolute atomic E-state index is 0. The molecule has 3 aliphatic rings. The fourth-order valence-corrected chi connectivity index (χ4v) is 6.33. The summed E-state index contributed by atoms with van der Waals surface area (Å²) in [5, 5.41) is 16.2. The number of β-lactam (4-membered cyclic amide) rings is 1. The van der Waals surface area contributed by atoms with Crippen LogP contribution in [0.2, 0.25) is 0 Å². The molecule has 2 fully saturated rings. The zero-order valence-electron chi connectivity index (χ0n) is 24.3. The van der Waals surface area contributed by atoms with Gasteiger partial charge in [-0.3, -0.25) is 29.0 Å². The molecular weight excluding hydrogens is 617 g/mol. The Hall–Kier alpha value is -4.18. The zero-order chi connectivity index (χ0) is 31.5. The molecule has 3 heterocycles. The van der Waals surface area contributed by atoms with Crippen LogP contribution in [0.1, 0.15) is 28.9 Å². The average Bonchev–Trinajstić information content (AvgIpc) is 3.42. The van der Waals surface area contributed by atoms with Crippen LogP contribution >= 0.6 is 11.8 Å². The van der Waals surface area contributed by atoms with Gasteiger partial charge in [0.05, 0.1) is 18.2 Å². The number of hydrogen-bond acceptors (Lipinski definition) is 10. The first-order valence-electron chi connectivity index (χ1n) is 13.4. The number of imide groups is 2. The van der Waals surface area contributed by atoms with Crippen LogP contribution < -0.4 is 45.3 Å². The molecule has 0 spiro atoms. The number of ether oxygens (including phenoxy) is 1. The summed E-state index contributed by atoms with van der Waals surface area (Å²) in [7, 11) is 0. The van der Waals surface area contributed by atoms with E-state index in [0.29, 0.717) is 5.56 Å². The molecule has 2 saturated heterocycles. The maximum Gasteiger partial charge on any atom is 1.00 e. The number of esters is 1. The molecule has 0 aromatic heterocycles. The smallest absolute Gasteiger partial charge is 0.543 e. The van der Waals surface area contributed by atoms with Crippen molar-refractivity contribution in [3.63, 3.8) is 0 Å². The average molecular weight is 644 g/mol. The Morgan fingerprint density at radius 2 is 1.60 bits per heavy atom. The van der Waals surface area contributed by atoms with E-state index in [1.54, 1.807) is 60.7 Å². The van der Waals surface area contributed by atoms with Crippen molar-refractivity contribution in [1.82, 2.24) is 25.3 Å². The molecule has 228 valence electrons. The number of nitrogens with zero attached hydrogens (tertiary/aromatic N) is 3. The summed E-state index contributed by atoms with van der Waals surface area (Å²) >= 11 is 1.16. The SMILES string of the molecule is CC(=O)OCC1=C(C(=O)[O-])N2C(=O)C(NC(=O)[C@H](NC(=O)N3CCN(C(=O)c4ccccc4)C3=O)c3ccccc3)[C@H]2SC1.[Na+]. The van der Waals surface area contributed by atoms with Crippen molar-refractivity contribution in [3.05, 3.63) is 83.1 Å². The van der Waals surface area contributed by atoms with Gasteiger partial charge in [-0.1, -0.05) is 48.5 Å². The van der Waals surface area contributed by atoms with Gasteiger partial charge in [0.25, 0.3) is 11.8 Å². The molecule has 2 aromatic carbocycles. The Kier molecular flexibility index (Phi) is 10.7. The van der Waals surface area contributed by atoms with Gasteiger partial charge in [0, 0.05) is 30.4 Å². The third-order valence-corrected chi connectivity index (χ3v) is 8.51. The molecule has 16 heteroatoms. The van der Waals surface area contributed by atoms with Gasteiger partial charge in [0.2, 0.25) is 5.91 Å². The van der Waals surface area contributed by atoms with Crippen molar-refractivity contribution >= 4 is 53.5 Å². The quantitative estimate of drug-likeness (QED) is 0.171. The number of thioether (sulfide) groups is 1. The van der Waals surface area contributed by atoms with Gasteiger partial charge >= 0.3 is 47.6 Å². The summed E-state index contributed by atoms with van der Waals surface area (Å²) < 4.78 is 4.91. The maximum absolute atomic E-state index is 13.5. The molecule has 0 aliphatic carbocycles. The molecule has 0 saturated carbocycles. The molecule has 0 radical (unpaired) electrons. The van der Waals surface area contributed by atoms with Crippen molar-refractivity contribution in [2.24, 2.45) is 0 Å². The van der Waals surface area contributed by atoms with Crippen molar-refractivity contribution in [2.75, 3.05) is 25.4 Å². The van der Waals surface area contributed by atoms with Gasteiger partial charge in [0.15, 0.2) is 0 Å². The maximum atomic E-state index is 13.5. The van der Waals surface area contributed by atoms with Crippen molar-refractivity contribution < 1.29 is 73.0 Å². The first-order valence-corrected chi connectivity index (χ1v) is 14.5. The predicted molar refractivity (Wildman–Crippen MR) is 151 cm³/mol. The van der Waals surface area contributed by atoms with E-state index in [1.807, 2.05) is 0 Å². The number of carboxylic acids is 1. The van der Waals surface area contributed by atoms with Crippen LogP contribution in [0, 0.1) is 0 Å². The van der Waals surface area contributed by atoms with Crippen LogP contribution in [-0.2, 0) is 23.9 Å². The fraction of sp³-hybridized carbons (Fsp3) is 0.276. The first-order chi connectivity index (χ1) is 21.1. The third-order valence-electron chi connectivity index (χ3n) is 7.17. The number of amides is 7. The molecule has 0 bridgehead atoms. The summed E-state index contributed by atoms with van der Waals surface area (Å²) in [5.41, 5.74) is 0.394. The Bertz CT molecular complexity index is 1570. The second-order valence-electron chi connectivity index (χ2n) is 9.97. The Morgan fingerprint density at radius 1 is 0.978 bits per heavy atom. The number of benzene rings is 2. The van der Waals surface area contributed by atoms with Gasteiger partial charge in [-0.15, -0.1) is 11.8 Å². The molecule has 5 rings (SSSR count). The van der Waals surface area contributed by atoms with E-state index in [-0.39, 0.29) is 66.1 Å². The first kappa shape index (κ1) is 33.7. The largest absolute Gasteiger partial charge is 1.00 e. The summed E-state index contributed by atoms with van der Waals surface area (Å²) in [4.78, 5) is 91.5. The van der Waals surface area contributed by atoms with E-state index in [0.717, 1.165) is 26.5 Å². The van der Waals surface area contributed by atoms with Gasteiger partial charge in [-0.05, 0) is 17.7 Å². The number of nitrogens with one attached hydrogen (secondary N) is 2. The molecule has 7 amide bonds. The second-order valence-corrected chi connectivity index (χ2v) is 11.1. The van der Waals surface area contributed by atoms with E-state index < -0.39 is 64.9 Å². The van der Waals surface area contributed by atoms with Crippen molar-refractivity contribution in [3.8, 4) is 0 Å². The minimum atomic E-state index is -1.62. The predicted octanol–water partition coefficient (Wildman–Crippen LogP) is -3.01. The van der Waals surface area contributed by atoms with Crippen LogP contribution in [0.25, 0.3) is 0 Å².